The fourth-order valence-electron chi connectivity index (χ4n) is 2.99. The number of fused-ring (bicyclic) bond motifs is 1. The van der Waals surface area contributed by atoms with Crippen LogP contribution in [-0.4, -0.2) is 23.1 Å². The van der Waals surface area contributed by atoms with Gasteiger partial charge in [-0.05, 0) is 49.9 Å². The van der Waals surface area contributed by atoms with Gasteiger partial charge in [-0.3, -0.25) is 4.79 Å². The Morgan fingerprint density at radius 1 is 1.12 bits per heavy atom. The van der Waals surface area contributed by atoms with E-state index in [2.05, 4.69) is 47.1 Å². The molecule has 0 aliphatic heterocycles. The molecule has 1 unspecified atom stereocenters. The quantitative estimate of drug-likeness (QED) is 0.665. The number of hydrogen-bond donors (Lipinski definition) is 1. The lowest BCUT2D eigenvalue weighted by molar-refractivity contribution is -0.127. The second kappa shape index (κ2) is 7.88. The van der Waals surface area contributed by atoms with Crippen molar-refractivity contribution < 1.29 is 9.53 Å². The summed E-state index contributed by atoms with van der Waals surface area (Å²) in [7, 11) is 0. The lowest BCUT2D eigenvalue weighted by Gasteiger charge is -2.15. The smallest absolute Gasteiger partial charge is 0.260 e. The number of nitrogens with zero attached hydrogens (tertiary/aromatic N) is 1. The number of rotatable bonds is 7. The van der Waals surface area contributed by atoms with Gasteiger partial charge in [0.1, 0.15) is 5.75 Å². The van der Waals surface area contributed by atoms with E-state index in [1.165, 1.54) is 16.6 Å². The maximum atomic E-state index is 12.1. The summed E-state index contributed by atoms with van der Waals surface area (Å²) >= 11 is 0. The minimum absolute atomic E-state index is 0.0852. The van der Waals surface area contributed by atoms with Crippen molar-refractivity contribution in [1.29, 1.82) is 0 Å². The highest BCUT2D eigenvalue weighted by molar-refractivity contribution is 5.81. The van der Waals surface area contributed by atoms with Crippen LogP contribution in [0.15, 0.2) is 60.7 Å². The SMILES string of the molecule is Cc1cc2ccccc2n1CCCNC(=O)C(C)Oc1ccccc1. The van der Waals surface area contributed by atoms with Crippen molar-refractivity contribution in [2.45, 2.75) is 32.9 Å². The number of para-hydroxylation sites is 2. The van der Waals surface area contributed by atoms with Crippen LogP contribution in [0.5, 0.6) is 5.75 Å². The Bertz CT molecular complexity index is 839. The van der Waals surface area contributed by atoms with Gasteiger partial charge in [-0.25, -0.2) is 0 Å². The zero-order chi connectivity index (χ0) is 17.6. The molecule has 0 saturated heterocycles. The molecule has 4 nitrogen and oxygen atoms in total. The molecule has 3 aromatic rings. The zero-order valence-corrected chi connectivity index (χ0v) is 14.7. The molecule has 4 heteroatoms. The predicted octanol–water partition coefficient (Wildman–Crippen LogP) is 3.92. The molecular weight excluding hydrogens is 312 g/mol. The standard InChI is InChI=1S/C21H24N2O2/c1-16-15-18-9-6-7-12-20(18)23(16)14-8-13-22-21(24)17(2)25-19-10-4-3-5-11-19/h3-7,9-12,15,17H,8,13-14H2,1-2H3,(H,22,24). The lowest BCUT2D eigenvalue weighted by atomic mass is 10.2. The van der Waals surface area contributed by atoms with Crippen molar-refractivity contribution in [2.75, 3.05) is 6.54 Å². The number of aryl methyl sites for hydroxylation is 2. The van der Waals surface area contributed by atoms with Crippen molar-refractivity contribution in [3.8, 4) is 5.75 Å². The van der Waals surface area contributed by atoms with Gasteiger partial charge in [0.2, 0.25) is 0 Å². The molecule has 0 bridgehead atoms. The number of aromatic nitrogens is 1. The molecule has 0 spiro atoms. The minimum atomic E-state index is -0.503. The first-order chi connectivity index (χ1) is 12.1. The predicted molar refractivity (Wildman–Crippen MR) is 101 cm³/mol. The molecule has 1 amide bonds. The monoisotopic (exact) mass is 336 g/mol. The van der Waals surface area contributed by atoms with E-state index in [0.29, 0.717) is 12.3 Å². The molecule has 0 aliphatic rings. The highest BCUT2D eigenvalue weighted by atomic mass is 16.5. The van der Waals surface area contributed by atoms with E-state index in [0.717, 1.165) is 13.0 Å². The van der Waals surface area contributed by atoms with Crippen LogP contribution < -0.4 is 10.1 Å². The van der Waals surface area contributed by atoms with E-state index >= 15 is 0 Å². The van der Waals surface area contributed by atoms with E-state index in [-0.39, 0.29) is 5.91 Å². The number of benzene rings is 2. The molecule has 0 aliphatic carbocycles. The van der Waals surface area contributed by atoms with Crippen molar-refractivity contribution >= 4 is 16.8 Å². The molecule has 3 rings (SSSR count). The van der Waals surface area contributed by atoms with Gasteiger partial charge in [0.15, 0.2) is 6.10 Å². The first-order valence-corrected chi connectivity index (χ1v) is 8.69. The van der Waals surface area contributed by atoms with Crippen LogP contribution in [0.4, 0.5) is 0 Å². The fourth-order valence-corrected chi connectivity index (χ4v) is 2.99. The van der Waals surface area contributed by atoms with Gasteiger partial charge in [0, 0.05) is 24.3 Å². The Labute approximate surface area is 148 Å². The van der Waals surface area contributed by atoms with Crippen LogP contribution in [0.25, 0.3) is 10.9 Å². The number of carbonyl (C=O) groups excluding carboxylic acids is 1. The Morgan fingerprint density at radius 2 is 1.84 bits per heavy atom. The van der Waals surface area contributed by atoms with Crippen LogP contribution in [-0.2, 0) is 11.3 Å². The fraction of sp³-hybridized carbons (Fsp3) is 0.286. The molecule has 25 heavy (non-hydrogen) atoms. The van der Waals surface area contributed by atoms with E-state index in [1.54, 1.807) is 6.92 Å². The van der Waals surface area contributed by atoms with Gasteiger partial charge in [0.05, 0.1) is 0 Å². The van der Waals surface area contributed by atoms with Crippen LogP contribution in [0.2, 0.25) is 0 Å². The number of nitrogens with one attached hydrogen (secondary N) is 1. The van der Waals surface area contributed by atoms with Gasteiger partial charge < -0.3 is 14.6 Å². The van der Waals surface area contributed by atoms with Gasteiger partial charge >= 0.3 is 0 Å². The molecule has 0 fully saturated rings. The summed E-state index contributed by atoms with van der Waals surface area (Å²) in [5.74, 6) is 0.623. The maximum absolute atomic E-state index is 12.1. The summed E-state index contributed by atoms with van der Waals surface area (Å²) in [5, 5.41) is 4.21. The van der Waals surface area contributed by atoms with E-state index < -0.39 is 6.10 Å². The third-order valence-corrected chi connectivity index (χ3v) is 4.30. The lowest BCUT2D eigenvalue weighted by Crippen LogP contribution is -2.37. The van der Waals surface area contributed by atoms with Crippen molar-refractivity contribution in [3.05, 3.63) is 66.4 Å². The Hall–Kier alpha value is -2.75. The van der Waals surface area contributed by atoms with Crippen molar-refractivity contribution in [1.82, 2.24) is 9.88 Å². The molecule has 0 radical (unpaired) electrons. The summed E-state index contributed by atoms with van der Waals surface area (Å²) < 4.78 is 7.94. The highest BCUT2D eigenvalue weighted by Crippen LogP contribution is 2.19. The van der Waals surface area contributed by atoms with Crippen LogP contribution in [0.1, 0.15) is 19.0 Å². The van der Waals surface area contributed by atoms with Crippen LogP contribution in [0.3, 0.4) is 0 Å². The Morgan fingerprint density at radius 3 is 2.64 bits per heavy atom. The summed E-state index contributed by atoms with van der Waals surface area (Å²) in [4.78, 5) is 12.1. The Kier molecular flexibility index (Phi) is 5.39. The highest BCUT2D eigenvalue weighted by Gasteiger charge is 2.13. The summed E-state index contributed by atoms with van der Waals surface area (Å²) in [5.41, 5.74) is 2.49. The van der Waals surface area contributed by atoms with Crippen LogP contribution >= 0.6 is 0 Å². The number of ether oxygens (including phenoxy) is 1. The van der Waals surface area contributed by atoms with Crippen molar-refractivity contribution in [2.24, 2.45) is 0 Å². The topological polar surface area (TPSA) is 43.3 Å². The van der Waals surface area contributed by atoms with Gasteiger partial charge in [-0.2, -0.15) is 0 Å². The summed E-state index contributed by atoms with van der Waals surface area (Å²) in [6.45, 7) is 5.40. The number of hydrogen-bond acceptors (Lipinski definition) is 2. The molecule has 1 atom stereocenters. The number of carbonyl (C=O) groups is 1. The third-order valence-electron chi connectivity index (χ3n) is 4.30. The molecule has 130 valence electrons. The molecular formula is C21H24N2O2. The average molecular weight is 336 g/mol. The molecule has 1 N–H and O–H groups in total. The zero-order valence-electron chi connectivity index (χ0n) is 14.7. The van der Waals surface area contributed by atoms with E-state index in [1.807, 2.05) is 30.3 Å². The van der Waals surface area contributed by atoms with E-state index in [9.17, 15) is 4.79 Å². The van der Waals surface area contributed by atoms with E-state index in [4.69, 9.17) is 4.74 Å². The molecule has 2 aromatic carbocycles. The minimum Gasteiger partial charge on any atom is -0.481 e. The van der Waals surface area contributed by atoms with Gasteiger partial charge in [-0.15, -0.1) is 0 Å². The summed E-state index contributed by atoms with van der Waals surface area (Å²) in [6, 6.07) is 20.0. The number of amides is 1. The maximum Gasteiger partial charge on any atom is 0.260 e. The third kappa shape index (κ3) is 4.21. The van der Waals surface area contributed by atoms with Gasteiger partial charge in [0.25, 0.3) is 5.91 Å². The molecule has 0 saturated carbocycles. The summed E-state index contributed by atoms with van der Waals surface area (Å²) in [6.07, 6.45) is 0.375. The second-order valence-corrected chi connectivity index (χ2v) is 6.21. The first kappa shape index (κ1) is 17.1. The molecule has 1 heterocycles. The second-order valence-electron chi connectivity index (χ2n) is 6.21. The van der Waals surface area contributed by atoms with Crippen molar-refractivity contribution in [3.63, 3.8) is 0 Å². The van der Waals surface area contributed by atoms with Gasteiger partial charge in [-0.1, -0.05) is 36.4 Å². The normalized spacial score (nSPS) is 12.1. The van der Waals surface area contributed by atoms with Crippen LogP contribution in [0, 0.1) is 6.92 Å². The average Bonchev–Trinajstić information content (AvgIpc) is 2.94. The largest absolute Gasteiger partial charge is 0.481 e. The Balaban J connectivity index is 1.47. The molecule has 1 aromatic heterocycles. The first-order valence-electron chi connectivity index (χ1n) is 8.69.